The summed E-state index contributed by atoms with van der Waals surface area (Å²) < 4.78 is 4.50. The van der Waals surface area contributed by atoms with Crippen LogP contribution in [0, 0.1) is 11.8 Å². The molecule has 0 aliphatic carbocycles. The molecule has 0 atom stereocenters. The van der Waals surface area contributed by atoms with Crippen LogP contribution in [0.5, 0.6) is 0 Å². The predicted octanol–water partition coefficient (Wildman–Crippen LogP) is 0.977. The van der Waals surface area contributed by atoms with Crippen molar-refractivity contribution in [2.24, 2.45) is 11.8 Å². The van der Waals surface area contributed by atoms with Crippen LogP contribution in [-0.2, 0) is 14.3 Å². The van der Waals surface area contributed by atoms with Gasteiger partial charge in [0.05, 0.1) is 11.8 Å². The Balaban J connectivity index is 0. The summed E-state index contributed by atoms with van der Waals surface area (Å²) in [5.41, 5.74) is 0. The molecule has 4 nitrogen and oxygen atoms in total. The average Bonchev–Trinajstić information content (AvgIpc) is 2.07. The van der Waals surface area contributed by atoms with E-state index in [2.05, 4.69) is 4.74 Å². The Bertz CT molecular complexity index is 143. The second-order valence-electron chi connectivity index (χ2n) is 3.05. The van der Waals surface area contributed by atoms with Crippen molar-refractivity contribution in [2.75, 3.05) is 7.11 Å². The number of esters is 2. The van der Waals surface area contributed by atoms with E-state index >= 15 is 0 Å². The Morgan fingerprint density at radius 1 is 0.923 bits per heavy atom. The molecule has 0 aromatic heterocycles. The molecule has 0 aliphatic rings. The van der Waals surface area contributed by atoms with Crippen LogP contribution < -0.4 is 0 Å². The lowest BCUT2D eigenvalue weighted by Crippen LogP contribution is -2.20. The molecule has 0 saturated carbocycles. The van der Waals surface area contributed by atoms with Crippen LogP contribution in [0.1, 0.15) is 27.7 Å². The van der Waals surface area contributed by atoms with Crippen molar-refractivity contribution in [3.05, 3.63) is 0 Å². The fourth-order valence-electron chi connectivity index (χ4n) is 0.335. The minimum atomic E-state index is -0.455. The van der Waals surface area contributed by atoms with Crippen molar-refractivity contribution in [2.45, 2.75) is 27.7 Å². The monoisotopic (exact) mass is 190 g/mol. The fourth-order valence-corrected chi connectivity index (χ4v) is 0.335. The van der Waals surface area contributed by atoms with Gasteiger partial charge in [0.15, 0.2) is 0 Å². The maximum atomic E-state index is 10.8. The first-order chi connectivity index (χ1) is 5.95. The maximum absolute atomic E-state index is 10.8. The zero-order valence-corrected chi connectivity index (χ0v) is 8.83. The molecule has 0 heterocycles. The van der Waals surface area contributed by atoms with Gasteiger partial charge in [-0.25, -0.2) is 0 Å². The Morgan fingerprint density at radius 3 is 1.31 bits per heavy atom. The van der Waals surface area contributed by atoms with Crippen molar-refractivity contribution >= 4 is 11.9 Å². The lowest BCUT2D eigenvalue weighted by molar-refractivity contribution is -0.164. The third kappa shape index (κ3) is 7.46. The maximum Gasteiger partial charge on any atom is 0.316 e. The summed E-state index contributed by atoms with van der Waals surface area (Å²) in [6.07, 6.45) is 0. The highest BCUT2D eigenvalue weighted by Crippen LogP contribution is 2.01. The Hall–Kier alpha value is -0.900. The molecule has 0 amide bonds. The minimum Gasteiger partial charge on any atom is -0.400 e. The molecule has 1 N–H and O–H groups in total. The van der Waals surface area contributed by atoms with Gasteiger partial charge in [0.1, 0.15) is 0 Å². The van der Waals surface area contributed by atoms with Gasteiger partial charge in [-0.15, -0.1) is 0 Å². The van der Waals surface area contributed by atoms with Gasteiger partial charge in [-0.2, -0.15) is 0 Å². The molecule has 13 heavy (non-hydrogen) atoms. The van der Waals surface area contributed by atoms with Gasteiger partial charge in [-0.05, 0) is 0 Å². The van der Waals surface area contributed by atoms with Crippen molar-refractivity contribution < 1.29 is 19.4 Å². The summed E-state index contributed by atoms with van der Waals surface area (Å²) in [5.74, 6) is -1.39. The number of carbonyl (C=O) groups is 2. The van der Waals surface area contributed by atoms with E-state index in [1.807, 2.05) is 0 Å². The van der Waals surface area contributed by atoms with Gasteiger partial charge in [-0.3, -0.25) is 9.59 Å². The van der Waals surface area contributed by atoms with Crippen LogP contribution in [0.25, 0.3) is 0 Å². The Labute approximate surface area is 78.9 Å². The van der Waals surface area contributed by atoms with Crippen LogP contribution in [0.15, 0.2) is 0 Å². The van der Waals surface area contributed by atoms with Gasteiger partial charge >= 0.3 is 11.9 Å². The minimum absolute atomic E-state index is 0.238. The van der Waals surface area contributed by atoms with Crippen LogP contribution in [-0.4, -0.2) is 24.2 Å². The standard InChI is InChI=1S/C8H14O3.CH4O/c1-5(2)7(9)11-8(10)6(3)4;1-2/h5-6H,1-4H3;2H,1H3. The van der Waals surface area contributed by atoms with E-state index in [-0.39, 0.29) is 11.8 Å². The zero-order chi connectivity index (χ0) is 11.0. The number of aliphatic hydroxyl groups excluding tert-OH is 1. The molecule has 0 fully saturated rings. The smallest absolute Gasteiger partial charge is 0.316 e. The normalized spacial score (nSPS) is 9.23. The highest BCUT2D eigenvalue weighted by atomic mass is 16.6. The summed E-state index contributed by atoms with van der Waals surface area (Å²) in [6.45, 7) is 6.76. The third-order valence-electron chi connectivity index (χ3n) is 1.14. The molecule has 4 heteroatoms. The summed E-state index contributed by atoms with van der Waals surface area (Å²) in [4.78, 5) is 21.6. The number of hydrogen-bond acceptors (Lipinski definition) is 4. The number of aliphatic hydroxyl groups is 1. The average molecular weight is 190 g/mol. The van der Waals surface area contributed by atoms with Gasteiger partial charge in [0, 0.05) is 7.11 Å². The highest BCUT2D eigenvalue weighted by molar-refractivity contribution is 5.87. The lowest BCUT2D eigenvalue weighted by Gasteiger charge is -2.06. The molecule has 0 rings (SSSR count). The van der Waals surface area contributed by atoms with Gasteiger partial charge in [-0.1, -0.05) is 27.7 Å². The van der Waals surface area contributed by atoms with Crippen molar-refractivity contribution in [1.29, 1.82) is 0 Å². The Morgan fingerprint density at radius 2 is 1.15 bits per heavy atom. The van der Waals surface area contributed by atoms with Crippen LogP contribution >= 0.6 is 0 Å². The van der Waals surface area contributed by atoms with E-state index in [9.17, 15) is 9.59 Å². The van der Waals surface area contributed by atoms with E-state index < -0.39 is 11.9 Å². The molecule has 0 unspecified atom stereocenters. The van der Waals surface area contributed by atoms with E-state index in [0.717, 1.165) is 7.11 Å². The van der Waals surface area contributed by atoms with Gasteiger partial charge < -0.3 is 9.84 Å². The molecular formula is C9H18O4. The topological polar surface area (TPSA) is 63.6 Å². The first kappa shape index (κ1) is 14.6. The first-order valence-electron chi connectivity index (χ1n) is 4.15. The lowest BCUT2D eigenvalue weighted by atomic mass is 10.2. The second-order valence-corrected chi connectivity index (χ2v) is 3.05. The van der Waals surface area contributed by atoms with Crippen molar-refractivity contribution in [3.8, 4) is 0 Å². The van der Waals surface area contributed by atoms with Gasteiger partial charge in [0.25, 0.3) is 0 Å². The molecular weight excluding hydrogens is 172 g/mol. The third-order valence-corrected chi connectivity index (χ3v) is 1.14. The first-order valence-corrected chi connectivity index (χ1v) is 4.15. The molecule has 0 saturated heterocycles. The van der Waals surface area contributed by atoms with Crippen LogP contribution in [0.2, 0.25) is 0 Å². The Kier molecular flexibility index (Phi) is 8.69. The second kappa shape index (κ2) is 7.73. The van der Waals surface area contributed by atoms with Crippen molar-refractivity contribution in [3.63, 3.8) is 0 Å². The molecule has 0 bridgehead atoms. The molecule has 0 aromatic carbocycles. The molecule has 78 valence electrons. The molecule has 0 aromatic rings. The summed E-state index contributed by atoms with van der Waals surface area (Å²) in [7, 11) is 1.00. The van der Waals surface area contributed by atoms with Crippen LogP contribution in [0.3, 0.4) is 0 Å². The number of hydrogen-bond donors (Lipinski definition) is 1. The van der Waals surface area contributed by atoms with Gasteiger partial charge in [0.2, 0.25) is 0 Å². The number of rotatable bonds is 2. The molecule has 0 spiro atoms. The summed E-state index contributed by atoms with van der Waals surface area (Å²) >= 11 is 0. The van der Waals surface area contributed by atoms with E-state index in [1.165, 1.54) is 0 Å². The van der Waals surface area contributed by atoms with Crippen molar-refractivity contribution in [1.82, 2.24) is 0 Å². The SMILES string of the molecule is CC(C)C(=O)OC(=O)C(C)C.CO. The quantitative estimate of drug-likeness (QED) is 0.520. The molecule has 0 aliphatic heterocycles. The highest BCUT2D eigenvalue weighted by Gasteiger charge is 2.16. The van der Waals surface area contributed by atoms with E-state index in [1.54, 1.807) is 27.7 Å². The van der Waals surface area contributed by atoms with Crippen LogP contribution in [0.4, 0.5) is 0 Å². The summed E-state index contributed by atoms with van der Waals surface area (Å²) in [6, 6.07) is 0. The zero-order valence-electron chi connectivity index (χ0n) is 8.83. The van der Waals surface area contributed by atoms with E-state index in [0.29, 0.717) is 0 Å². The predicted molar refractivity (Wildman–Crippen MR) is 48.9 cm³/mol. The molecule has 0 radical (unpaired) electrons. The fraction of sp³-hybridized carbons (Fsp3) is 0.778. The number of ether oxygens (including phenoxy) is 1. The largest absolute Gasteiger partial charge is 0.400 e. The van der Waals surface area contributed by atoms with E-state index in [4.69, 9.17) is 5.11 Å². The summed E-state index contributed by atoms with van der Waals surface area (Å²) in [5, 5.41) is 7.00. The number of carbonyl (C=O) groups excluding carboxylic acids is 2.